The molecule has 25 heavy (non-hydrogen) atoms. The largest absolute Gasteiger partial charge is 0.322 e. The first kappa shape index (κ1) is 16.9. The van der Waals surface area contributed by atoms with E-state index in [9.17, 15) is 13.2 Å². The van der Waals surface area contributed by atoms with E-state index < -0.39 is 10.0 Å². The number of para-hydroxylation sites is 1. The second-order valence-electron chi connectivity index (χ2n) is 5.47. The van der Waals surface area contributed by atoms with Gasteiger partial charge in [0.15, 0.2) is 0 Å². The molecular formula is C17H16N4O3S. The summed E-state index contributed by atoms with van der Waals surface area (Å²) in [5.41, 5.74) is 2.37. The minimum atomic E-state index is -3.58. The maximum absolute atomic E-state index is 12.3. The van der Waals surface area contributed by atoms with Gasteiger partial charge in [0.2, 0.25) is 10.0 Å². The predicted octanol–water partition coefficient (Wildman–Crippen LogP) is 1.91. The molecule has 8 heteroatoms. The highest BCUT2D eigenvalue weighted by atomic mass is 32.2. The van der Waals surface area contributed by atoms with Crippen molar-refractivity contribution in [2.45, 2.75) is 5.75 Å². The van der Waals surface area contributed by atoms with Crippen molar-refractivity contribution >= 4 is 21.6 Å². The van der Waals surface area contributed by atoms with E-state index in [1.807, 2.05) is 30.3 Å². The lowest BCUT2D eigenvalue weighted by Crippen LogP contribution is -2.14. The third-order valence-electron chi connectivity index (χ3n) is 3.45. The van der Waals surface area contributed by atoms with E-state index in [-0.39, 0.29) is 11.7 Å². The Bertz CT molecular complexity index is 980. The number of nitrogens with two attached hydrogens (primary N) is 1. The average Bonchev–Trinajstić information content (AvgIpc) is 3.06. The van der Waals surface area contributed by atoms with Crippen LogP contribution < -0.4 is 10.5 Å². The number of hydrogen-bond acceptors (Lipinski definition) is 4. The van der Waals surface area contributed by atoms with Gasteiger partial charge in [-0.3, -0.25) is 4.79 Å². The number of primary sulfonamides is 1. The Morgan fingerprint density at radius 3 is 2.40 bits per heavy atom. The zero-order valence-electron chi connectivity index (χ0n) is 13.2. The fraction of sp³-hybridized carbons (Fsp3) is 0.0588. The fourth-order valence-electron chi connectivity index (χ4n) is 2.28. The lowest BCUT2D eigenvalue weighted by Gasteiger charge is -2.05. The van der Waals surface area contributed by atoms with Crippen LogP contribution in [0.5, 0.6) is 0 Å². The van der Waals surface area contributed by atoms with Crippen LogP contribution in [-0.2, 0) is 15.8 Å². The first-order chi connectivity index (χ1) is 11.9. The van der Waals surface area contributed by atoms with Gasteiger partial charge in [0, 0.05) is 11.9 Å². The summed E-state index contributed by atoms with van der Waals surface area (Å²) < 4.78 is 23.7. The van der Waals surface area contributed by atoms with Crippen LogP contribution >= 0.6 is 0 Å². The molecule has 7 nitrogen and oxygen atoms in total. The summed E-state index contributed by atoms with van der Waals surface area (Å²) in [5, 5.41) is 11.9. The van der Waals surface area contributed by atoms with Crippen molar-refractivity contribution in [2.24, 2.45) is 5.14 Å². The average molecular weight is 356 g/mol. The van der Waals surface area contributed by atoms with Crippen molar-refractivity contribution in [3.8, 4) is 5.69 Å². The van der Waals surface area contributed by atoms with Crippen LogP contribution in [0, 0.1) is 0 Å². The van der Waals surface area contributed by atoms with Gasteiger partial charge in [0.1, 0.15) is 0 Å². The highest BCUT2D eigenvalue weighted by Gasteiger charge is 2.10. The Morgan fingerprint density at radius 2 is 1.76 bits per heavy atom. The van der Waals surface area contributed by atoms with Crippen molar-refractivity contribution in [3.63, 3.8) is 0 Å². The van der Waals surface area contributed by atoms with E-state index in [1.54, 1.807) is 35.1 Å². The Labute approximate surface area is 145 Å². The Kier molecular flexibility index (Phi) is 4.64. The van der Waals surface area contributed by atoms with Crippen molar-refractivity contribution in [2.75, 3.05) is 5.32 Å². The number of amides is 1. The van der Waals surface area contributed by atoms with E-state index in [1.165, 1.54) is 6.20 Å². The molecule has 0 saturated carbocycles. The number of benzene rings is 2. The molecule has 0 atom stereocenters. The smallest absolute Gasteiger partial charge is 0.258 e. The number of rotatable bonds is 5. The van der Waals surface area contributed by atoms with Crippen LogP contribution in [0.15, 0.2) is 67.0 Å². The lowest BCUT2D eigenvalue weighted by atomic mass is 10.2. The molecule has 0 unspecified atom stereocenters. The van der Waals surface area contributed by atoms with Crippen LogP contribution in [-0.4, -0.2) is 24.1 Å². The molecule has 0 radical (unpaired) electrons. The molecule has 3 rings (SSSR count). The molecule has 128 valence electrons. The van der Waals surface area contributed by atoms with Gasteiger partial charge in [-0.05, 0) is 29.8 Å². The number of sulfonamides is 1. The summed E-state index contributed by atoms with van der Waals surface area (Å²) >= 11 is 0. The molecule has 1 aromatic heterocycles. The number of nitrogens with zero attached hydrogens (tertiary/aromatic N) is 2. The van der Waals surface area contributed by atoms with Gasteiger partial charge >= 0.3 is 0 Å². The van der Waals surface area contributed by atoms with E-state index >= 15 is 0 Å². The molecule has 0 aliphatic carbocycles. The minimum Gasteiger partial charge on any atom is -0.322 e. The molecule has 3 aromatic rings. The van der Waals surface area contributed by atoms with Crippen molar-refractivity contribution in [3.05, 3.63) is 78.1 Å². The Hall–Kier alpha value is -2.97. The van der Waals surface area contributed by atoms with Gasteiger partial charge < -0.3 is 5.32 Å². The first-order valence-electron chi connectivity index (χ1n) is 7.41. The molecule has 0 aliphatic heterocycles. The zero-order chi connectivity index (χ0) is 17.9. The quantitative estimate of drug-likeness (QED) is 0.728. The molecule has 1 amide bonds. The van der Waals surface area contributed by atoms with Crippen LogP contribution in [0.1, 0.15) is 15.9 Å². The van der Waals surface area contributed by atoms with E-state index in [4.69, 9.17) is 5.14 Å². The standard InChI is InChI=1S/C17H16N4O3S/c18-25(23,24)12-13-6-8-15(9-7-13)20-17(22)14-10-19-21(11-14)16-4-2-1-3-5-16/h1-11H,12H2,(H,20,22)(H2,18,23,24). The third-order valence-corrected chi connectivity index (χ3v) is 4.18. The Morgan fingerprint density at radius 1 is 1.08 bits per heavy atom. The summed E-state index contributed by atoms with van der Waals surface area (Å²) in [6.07, 6.45) is 3.12. The lowest BCUT2D eigenvalue weighted by molar-refractivity contribution is 0.102. The number of carbonyl (C=O) groups excluding carboxylic acids is 1. The molecule has 0 saturated heterocycles. The van der Waals surface area contributed by atoms with Gasteiger partial charge in [-0.1, -0.05) is 30.3 Å². The van der Waals surface area contributed by atoms with Gasteiger partial charge in [-0.15, -0.1) is 0 Å². The molecule has 0 spiro atoms. The SMILES string of the molecule is NS(=O)(=O)Cc1ccc(NC(=O)c2cnn(-c3ccccc3)c2)cc1. The zero-order valence-corrected chi connectivity index (χ0v) is 14.0. The van der Waals surface area contributed by atoms with E-state index in [2.05, 4.69) is 10.4 Å². The summed E-state index contributed by atoms with van der Waals surface area (Å²) in [7, 11) is -3.58. The molecule has 0 bridgehead atoms. The first-order valence-corrected chi connectivity index (χ1v) is 9.13. The maximum atomic E-state index is 12.3. The third kappa shape index (κ3) is 4.52. The summed E-state index contributed by atoms with van der Waals surface area (Å²) in [6.45, 7) is 0. The number of aromatic nitrogens is 2. The van der Waals surface area contributed by atoms with Gasteiger partial charge in [0.05, 0.1) is 23.2 Å². The van der Waals surface area contributed by atoms with Crippen LogP contribution in [0.4, 0.5) is 5.69 Å². The molecular weight excluding hydrogens is 340 g/mol. The fourth-order valence-corrected chi connectivity index (χ4v) is 2.94. The molecule has 1 heterocycles. The molecule has 0 fully saturated rings. The van der Waals surface area contributed by atoms with Crippen LogP contribution in [0.2, 0.25) is 0 Å². The predicted molar refractivity (Wildman–Crippen MR) is 94.8 cm³/mol. The molecule has 0 aliphatic rings. The van der Waals surface area contributed by atoms with Crippen LogP contribution in [0.25, 0.3) is 5.69 Å². The number of carbonyl (C=O) groups is 1. The topological polar surface area (TPSA) is 107 Å². The monoisotopic (exact) mass is 356 g/mol. The number of nitrogens with one attached hydrogen (secondary N) is 1. The highest BCUT2D eigenvalue weighted by Crippen LogP contribution is 2.13. The normalized spacial score (nSPS) is 11.2. The Balaban J connectivity index is 1.69. The second kappa shape index (κ2) is 6.88. The molecule has 2 aromatic carbocycles. The van der Waals surface area contributed by atoms with E-state index in [0.717, 1.165) is 5.69 Å². The summed E-state index contributed by atoms with van der Waals surface area (Å²) in [5.74, 6) is -0.549. The van der Waals surface area contributed by atoms with Gasteiger partial charge in [-0.25, -0.2) is 18.2 Å². The van der Waals surface area contributed by atoms with Crippen LogP contribution in [0.3, 0.4) is 0 Å². The van der Waals surface area contributed by atoms with Gasteiger partial charge in [-0.2, -0.15) is 5.10 Å². The van der Waals surface area contributed by atoms with Crippen molar-refractivity contribution in [1.29, 1.82) is 0 Å². The van der Waals surface area contributed by atoms with Gasteiger partial charge in [0.25, 0.3) is 5.91 Å². The number of hydrogen-bond donors (Lipinski definition) is 2. The molecule has 3 N–H and O–H groups in total. The summed E-state index contributed by atoms with van der Waals surface area (Å²) in [6, 6.07) is 15.9. The second-order valence-corrected chi connectivity index (χ2v) is 7.08. The maximum Gasteiger partial charge on any atom is 0.258 e. The van der Waals surface area contributed by atoms with Crippen molar-refractivity contribution in [1.82, 2.24) is 9.78 Å². The highest BCUT2D eigenvalue weighted by molar-refractivity contribution is 7.88. The number of anilines is 1. The summed E-state index contributed by atoms with van der Waals surface area (Å²) in [4.78, 5) is 12.3. The van der Waals surface area contributed by atoms with Crippen molar-refractivity contribution < 1.29 is 13.2 Å². The minimum absolute atomic E-state index is 0.245. The van der Waals surface area contributed by atoms with E-state index in [0.29, 0.717) is 16.8 Å².